The summed E-state index contributed by atoms with van der Waals surface area (Å²) in [6.45, 7) is 0.0933. The van der Waals surface area contributed by atoms with E-state index in [-0.39, 0.29) is 12.6 Å². The molecule has 1 atom stereocenters. The van der Waals surface area contributed by atoms with Crippen molar-refractivity contribution in [2.45, 2.75) is 23.8 Å². The number of nitrogens with two attached hydrogens (primary N) is 1. The van der Waals surface area contributed by atoms with Crippen molar-refractivity contribution in [1.82, 2.24) is 0 Å². The number of thioether (sulfide) groups is 1. The van der Waals surface area contributed by atoms with E-state index >= 15 is 0 Å². The molecule has 14 heavy (non-hydrogen) atoms. The third-order valence-corrected chi connectivity index (χ3v) is 3.06. The molecule has 0 spiro atoms. The molecule has 78 valence electrons. The molecule has 0 heterocycles. The minimum absolute atomic E-state index is 0.0497. The maximum Gasteiger partial charge on any atom is 0.0582 e. The number of rotatable bonds is 6. The van der Waals surface area contributed by atoms with E-state index in [0.29, 0.717) is 0 Å². The Labute approximate surface area is 89.5 Å². The molecule has 3 N–H and O–H groups in total. The molecular formula is C11H17NOS. The van der Waals surface area contributed by atoms with Gasteiger partial charge in [-0.15, -0.1) is 11.8 Å². The first-order chi connectivity index (χ1) is 6.83. The average molecular weight is 211 g/mol. The highest BCUT2D eigenvalue weighted by Crippen LogP contribution is 2.18. The molecule has 0 aromatic heterocycles. The molecule has 0 saturated heterocycles. The second-order valence-corrected chi connectivity index (χ2v) is 4.41. The first kappa shape index (κ1) is 11.6. The van der Waals surface area contributed by atoms with E-state index in [1.54, 1.807) is 0 Å². The molecule has 3 heteroatoms. The quantitative estimate of drug-likeness (QED) is 0.558. The van der Waals surface area contributed by atoms with Crippen LogP contribution in [0.25, 0.3) is 0 Å². The summed E-state index contributed by atoms with van der Waals surface area (Å²) in [4.78, 5) is 1.30. The fourth-order valence-corrected chi connectivity index (χ4v) is 2.04. The molecule has 0 bridgehead atoms. The Hall–Kier alpha value is -0.510. The van der Waals surface area contributed by atoms with Crippen LogP contribution in [0.1, 0.15) is 12.8 Å². The van der Waals surface area contributed by atoms with Gasteiger partial charge in [-0.2, -0.15) is 0 Å². The molecule has 1 aromatic carbocycles. The molecule has 0 saturated carbocycles. The molecule has 2 nitrogen and oxygen atoms in total. The molecule has 0 amide bonds. The van der Waals surface area contributed by atoms with Crippen molar-refractivity contribution in [3.63, 3.8) is 0 Å². The minimum atomic E-state index is -0.0497. The Morgan fingerprint density at radius 3 is 2.64 bits per heavy atom. The number of aliphatic hydroxyl groups excluding tert-OH is 1. The number of hydrogen-bond donors (Lipinski definition) is 2. The van der Waals surface area contributed by atoms with Crippen LogP contribution in [0.2, 0.25) is 0 Å². The summed E-state index contributed by atoms with van der Waals surface area (Å²) in [5.41, 5.74) is 5.59. The molecule has 0 aliphatic rings. The first-order valence-corrected chi connectivity index (χ1v) is 5.86. The van der Waals surface area contributed by atoms with Crippen LogP contribution >= 0.6 is 11.8 Å². The van der Waals surface area contributed by atoms with Crippen molar-refractivity contribution in [3.8, 4) is 0 Å². The van der Waals surface area contributed by atoms with Gasteiger partial charge in [0.25, 0.3) is 0 Å². The predicted molar refractivity (Wildman–Crippen MR) is 61.5 cm³/mol. The highest BCUT2D eigenvalue weighted by Gasteiger charge is 1.99. The Morgan fingerprint density at radius 2 is 2.00 bits per heavy atom. The highest BCUT2D eigenvalue weighted by atomic mass is 32.2. The molecule has 0 radical (unpaired) electrons. The van der Waals surface area contributed by atoms with Gasteiger partial charge in [-0.05, 0) is 30.7 Å². The maximum absolute atomic E-state index is 8.72. The zero-order valence-corrected chi connectivity index (χ0v) is 9.04. The third-order valence-electron chi connectivity index (χ3n) is 1.97. The normalized spacial score (nSPS) is 12.7. The number of aliphatic hydroxyl groups is 1. The van der Waals surface area contributed by atoms with Gasteiger partial charge in [0.1, 0.15) is 0 Å². The average Bonchev–Trinajstić information content (AvgIpc) is 2.25. The van der Waals surface area contributed by atoms with Crippen molar-refractivity contribution in [2.24, 2.45) is 5.73 Å². The molecule has 0 unspecified atom stereocenters. The Bertz CT molecular complexity index is 240. The van der Waals surface area contributed by atoms with Crippen LogP contribution in [-0.4, -0.2) is 23.5 Å². The van der Waals surface area contributed by atoms with Crippen LogP contribution < -0.4 is 5.73 Å². The summed E-state index contributed by atoms with van der Waals surface area (Å²) in [6.07, 6.45) is 1.96. The van der Waals surface area contributed by atoms with Crippen LogP contribution in [-0.2, 0) is 0 Å². The summed E-state index contributed by atoms with van der Waals surface area (Å²) in [6, 6.07) is 10.3. The number of hydrogen-bond acceptors (Lipinski definition) is 3. The van der Waals surface area contributed by atoms with Crippen LogP contribution in [0.5, 0.6) is 0 Å². The number of benzene rings is 1. The van der Waals surface area contributed by atoms with E-state index in [1.165, 1.54) is 4.90 Å². The van der Waals surface area contributed by atoms with Gasteiger partial charge < -0.3 is 10.8 Å². The second kappa shape index (κ2) is 6.87. The van der Waals surface area contributed by atoms with Crippen molar-refractivity contribution in [1.29, 1.82) is 0 Å². The topological polar surface area (TPSA) is 46.2 Å². The van der Waals surface area contributed by atoms with E-state index < -0.39 is 0 Å². The van der Waals surface area contributed by atoms with Crippen LogP contribution in [0, 0.1) is 0 Å². The van der Waals surface area contributed by atoms with E-state index in [0.717, 1.165) is 18.6 Å². The predicted octanol–water partition coefficient (Wildman–Crippen LogP) is 1.88. The Balaban J connectivity index is 2.10. The molecule has 1 aromatic rings. The summed E-state index contributed by atoms with van der Waals surface area (Å²) in [5.74, 6) is 1.07. The van der Waals surface area contributed by atoms with Crippen LogP contribution in [0.3, 0.4) is 0 Å². The lowest BCUT2D eigenvalue weighted by Crippen LogP contribution is -2.24. The minimum Gasteiger partial charge on any atom is -0.395 e. The smallest absolute Gasteiger partial charge is 0.0582 e. The third kappa shape index (κ3) is 4.65. The van der Waals surface area contributed by atoms with E-state index in [2.05, 4.69) is 12.1 Å². The molecule has 0 aliphatic carbocycles. The van der Waals surface area contributed by atoms with Gasteiger partial charge >= 0.3 is 0 Å². The summed E-state index contributed by atoms with van der Waals surface area (Å²) in [5, 5.41) is 8.72. The Kier molecular flexibility index (Phi) is 5.68. The standard InChI is InChI=1S/C11H17NOS/c12-10(9-13)5-4-8-14-11-6-2-1-3-7-11/h1-3,6-7,10,13H,4-5,8-9,12H2/t10-/m0/s1. The lowest BCUT2D eigenvalue weighted by atomic mass is 10.2. The second-order valence-electron chi connectivity index (χ2n) is 3.25. The van der Waals surface area contributed by atoms with Gasteiger partial charge in [0.15, 0.2) is 0 Å². The van der Waals surface area contributed by atoms with Gasteiger partial charge in [0.2, 0.25) is 0 Å². The van der Waals surface area contributed by atoms with E-state index in [4.69, 9.17) is 10.8 Å². The molecule has 0 fully saturated rings. The van der Waals surface area contributed by atoms with Crippen molar-refractivity contribution in [3.05, 3.63) is 30.3 Å². The van der Waals surface area contributed by atoms with E-state index in [1.807, 2.05) is 30.0 Å². The van der Waals surface area contributed by atoms with Crippen molar-refractivity contribution in [2.75, 3.05) is 12.4 Å². The fourth-order valence-electron chi connectivity index (χ4n) is 1.14. The van der Waals surface area contributed by atoms with Gasteiger partial charge in [0, 0.05) is 10.9 Å². The summed E-state index contributed by atoms with van der Waals surface area (Å²) in [7, 11) is 0. The lowest BCUT2D eigenvalue weighted by Gasteiger charge is -2.06. The van der Waals surface area contributed by atoms with Crippen molar-refractivity contribution >= 4 is 11.8 Å². The zero-order chi connectivity index (χ0) is 10.2. The Morgan fingerprint density at radius 1 is 1.29 bits per heavy atom. The zero-order valence-electron chi connectivity index (χ0n) is 8.23. The summed E-state index contributed by atoms with van der Waals surface area (Å²) >= 11 is 1.84. The fraction of sp³-hybridized carbons (Fsp3) is 0.455. The van der Waals surface area contributed by atoms with Gasteiger partial charge in [-0.3, -0.25) is 0 Å². The van der Waals surface area contributed by atoms with Gasteiger partial charge in [-0.1, -0.05) is 18.2 Å². The molecule has 1 rings (SSSR count). The van der Waals surface area contributed by atoms with Gasteiger partial charge in [-0.25, -0.2) is 0 Å². The maximum atomic E-state index is 8.72. The monoisotopic (exact) mass is 211 g/mol. The SMILES string of the molecule is N[C@H](CO)CCCSc1ccccc1. The van der Waals surface area contributed by atoms with Gasteiger partial charge in [0.05, 0.1) is 6.61 Å². The first-order valence-electron chi connectivity index (χ1n) is 4.87. The van der Waals surface area contributed by atoms with Crippen LogP contribution in [0.15, 0.2) is 35.2 Å². The van der Waals surface area contributed by atoms with Crippen molar-refractivity contribution < 1.29 is 5.11 Å². The largest absolute Gasteiger partial charge is 0.395 e. The summed E-state index contributed by atoms with van der Waals surface area (Å²) < 4.78 is 0. The molecule has 0 aliphatic heterocycles. The van der Waals surface area contributed by atoms with Crippen LogP contribution in [0.4, 0.5) is 0 Å². The molecular weight excluding hydrogens is 194 g/mol. The van der Waals surface area contributed by atoms with E-state index in [9.17, 15) is 0 Å². The lowest BCUT2D eigenvalue weighted by molar-refractivity contribution is 0.259. The highest BCUT2D eigenvalue weighted by molar-refractivity contribution is 7.99.